The molecule has 0 fully saturated rings. The predicted molar refractivity (Wildman–Crippen MR) is 70.7 cm³/mol. The Morgan fingerprint density at radius 1 is 1.00 bits per heavy atom. The van der Waals surface area contributed by atoms with Gasteiger partial charge in [0.15, 0.2) is 17.4 Å². The lowest BCUT2D eigenvalue weighted by Gasteiger charge is -2.08. The Morgan fingerprint density at radius 3 is 2.32 bits per heavy atom. The molecule has 0 aliphatic carbocycles. The second kappa shape index (κ2) is 5.10. The molecule has 0 amide bonds. The summed E-state index contributed by atoms with van der Waals surface area (Å²) in [6.45, 7) is 3.63. The van der Waals surface area contributed by atoms with Gasteiger partial charge in [0.1, 0.15) is 0 Å². The van der Waals surface area contributed by atoms with E-state index in [1.54, 1.807) is 19.1 Å². The Morgan fingerprint density at radius 2 is 1.63 bits per heavy atom. The van der Waals surface area contributed by atoms with Crippen molar-refractivity contribution in [2.45, 2.75) is 13.8 Å². The van der Waals surface area contributed by atoms with Crippen molar-refractivity contribution in [3.8, 4) is 0 Å². The average Bonchev–Trinajstić information content (AvgIpc) is 2.36. The molecule has 0 bridgehead atoms. The van der Waals surface area contributed by atoms with Crippen LogP contribution in [0, 0.1) is 25.5 Å². The van der Waals surface area contributed by atoms with E-state index in [4.69, 9.17) is 11.6 Å². The highest BCUT2D eigenvalue weighted by atomic mass is 35.5. The monoisotopic (exact) mass is 280 g/mol. The van der Waals surface area contributed by atoms with Crippen molar-refractivity contribution in [2.75, 3.05) is 0 Å². The number of aryl methyl sites for hydroxylation is 2. The van der Waals surface area contributed by atoms with Gasteiger partial charge < -0.3 is 0 Å². The summed E-state index contributed by atoms with van der Waals surface area (Å²) < 4.78 is 26.2. The van der Waals surface area contributed by atoms with Gasteiger partial charge in [-0.1, -0.05) is 29.3 Å². The Hall–Kier alpha value is -1.74. The van der Waals surface area contributed by atoms with Crippen LogP contribution in [0.1, 0.15) is 27.0 Å². The maximum atomic E-state index is 13.2. The van der Waals surface area contributed by atoms with Crippen molar-refractivity contribution >= 4 is 17.4 Å². The van der Waals surface area contributed by atoms with Gasteiger partial charge in [-0.15, -0.1) is 0 Å². The van der Waals surface area contributed by atoms with Crippen LogP contribution >= 0.6 is 11.6 Å². The van der Waals surface area contributed by atoms with Crippen LogP contribution in [-0.4, -0.2) is 5.78 Å². The third kappa shape index (κ3) is 2.66. The number of hydrogen-bond acceptors (Lipinski definition) is 1. The van der Waals surface area contributed by atoms with Gasteiger partial charge in [0.2, 0.25) is 0 Å². The molecule has 19 heavy (non-hydrogen) atoms. The zero-order valence-electron chi connectivity index (χ0n) is 10.4. The lowest BCUT2D eigenvalue weighted by Crippen LogP contribution is -2.06. The summed E-state index contributed by atoms with van der Waals surface area (Å²) >= 11 is 5.81. The summed E-state index contributed by atoms with van der Waals surface area (Å²) in [5.41, 5.74) is 2.08. The first-order chi connectivity index (χ1) is 8.90. The molecule has 2 aromatic carbocycles. The van der Waals surface area contributed by atoms with Gasteiger partial charge in [0, 0.05) is 11.1 Å². The molecule has 1 nitrogen and oxygen atoms in total. The first kappa shape index (κ1) is 13.7. The van der Waals surface area contributed by atoms with Gasteiger partial charge in [-0.3, -0.25) is 4.79 Å². The van der Waals surface area contributed by atoms with E-state index in [1.165, 1.54) is 0 Å². The fourth-order valence-corrected chi connectivity index (χ4v) is 2.06. The highest BCUT2D eigenvalue weighted by molar-refractivity contribution is 6.35. The summed E-state index contributed by atoms with van der Waals surface area (Å²) in [6.07, 6.45) is 0. The van der Waals surface area contributed by atoms with Gasteiger partial charge in [0.25, 0.3) is 0 Å². The Balaban J connectivity index is 2.56. The number of ketones is 1. The maximum absolute atomic E-state index is 13.2. The third-order valence-electron chi connectivity index (χ3n) is 2.89. The molecule has 2 aromatic rings. The molecule has 2 rings (SSSR count). The number of rotatable bonds is 2. The SMILES string of the molecule is Cc1ccc(C)c(C(=O)c2cc(F)c(F)cc2Cl)c1. The Bertz CT molecular complexity index is 665. The quantitative estimate of drug-likeness (QED) is 0.586. The summed E-state index contributed by atoms with van der Waals surface area (Å²) in [6, 6.07) is 7.03. The van der Waals surface area contributed by atoms with E-state index in [0.29, 0.717) is 5.56 Å². The van der Waals surface area contributed by atoms with Gasteiger partial charge in [-0.25, -0.2) is 8.78 Å². The first-order valence-electron chi connectivity index (χ1n) is 5.66. The maximum Gasteiger partial charge on any atom is 0.194 e. The van der Waals surface area contributed by atoms with Crippen LogP contribution in [0.15, 0.2) is 30.3 Å². The number of carbonyl (C=O) groups excluding carboxylic acids is 1. The number of hydrogen-bond donors (Lipinski definition) is 0. The van der Waals surface area contributed by atoms with E-state index in [9.17, 15) is 13.6 Å². The molecule has 0 radical (unpaired) electrons. The summed E-state index contributed by atoms with van der Waals surface area (Å²) in [7, 11) is 0. The van der Waals surface area contributed by atoms with E-state index in [0.717, 1.165) is 23.3 Å². The van der Waals surface area contributed by atoms with Crippen molar-refractivity contribution in [3.05, 3.63) is 69.2 Å². The van der Waals surface area contributed by atoms with Gasteiger partial charge in [0.05, 0.1) is 5.02 Å². The first-order valence-corrected chi connectivity index (χ1v) is 6.04. The molecule has 0 aliphatic heterocycles. The van der Waals surface area contributed by atoms with Crippen molar-refractivity contribution in [1.29, 1.82) is 0 Å². The minimum absolute atomic E-state index is 0.0331. The predicted octanol–water partition coefficient (Wildman–Crippen LogP) is 4.47. The van der Waals surface area contributed by atoms with Crippen molar-refractivity contribution in [3.63, 3.8) is 0 Å². The second-order valence-electron chi connectivity index (χ2n) is 4.39. The molecule has 0 saturated carbocycles. The fraction of sp³-hybridized carbons (Fsp3) is 0.133. The van der Waals surface area contributed by atoms with Crippen LogP contribution in [0.4, 0.5) is 8.78 Å². The zero-order valence-corrected chi connectivity index (χ0v) is 11.2. The van der Waals surface area contributed by atoms with E-state index in [1.807, 2.05) is 13.0 Å². The van der Waals surface area contributed by atoms with E-state index in [2.05, 4.69) is 0 Å². The highest BCUT2D eigenvalue weighted by Crippen LogP contribution is 2.24. The van der Waals surface area contributed by atoms with Gasteiger partial charge in [-0.2, -0.15) is 0 Å². The molecule has 0 spiro atoms. The summed E-state index contributed by atoms with van der Waals surface area (Å²) in [5, 5.41) is -0.0928. The van der Waals surface area contributed by atoms with E-state index in [-0.39, 0.29) is 10.6 Å². The summed E-state index contributed by atoms with van der Waals surface area (Å²) in [5.74, 6) is -2.56. The van der Waals surface area contributed by atoms with Gasteiger partial charge >= 0.3 is 0 Å². The molecule has 0 atom stereocenters. The van der Waals surface area contributed by atoms with Crippen molar-refractivity contribution < 1.29 is 13.6 Å². The molecule has 0 saturated heterocycles. The largest absolute Gasteiger partial charge is 0.289 e. The van der Waals surface area contributed by atoms with Crippen LogP contribution in [0.2, 0.25) is 5.02 Å². The normalized spacial score (nSPS) is 10.6. The van der Waals surface area contributed by atoms with Crippen molar-refractivity contribution in [2.24, 2.45) is 0 Å². The number of halogens is 3. The molecule has 4 heteroatoms. The number of benzene rings is 2. The lowest BCUT2D eigenvalue weighted by molar-refractivity contribution is 0.103. The topological polar surface area (TPSA) is 17.1 Å². The zero-order chi connectivity index (χ0) is 14.2. The van der Waals surface area contributed by atoms with E-state index >= 15 is 0 Å². The molecule has 0 heterocycles. The third-order valence-corrected chi connectivity index (χ3v) is 3.20. The molecular weight excluding hydrogens is 270 g/mol. The smallest absolute Gasteiger partial charge is 0.194 e. The van der Waals surface area contributed by atoms with Crippen LogP contribution < -0.4 is 0 Å². The second-order valence-corrected chi connectivity index (χ2v) is 4.80. The molecule has 0 aromatic heterocycles. The van der Waals surface area contributed by atoms with Crippen LogP contribution in [0.3, 0.4) is 0 Å². The van der Waals surface area contributed by atoms with Crippen LogP contribution in [0.5, 0.6) is 0 Å². The Kier molecular flexibility index (Phi) is 3.67. The molecule has 98 valence electrons. The molecular formula is C15H11ClF2O. The minimum Gasteiger partial charge on any atom is -0.289 e. The lowest BCUT2D eigenvalue weighted by atomic mass is 9.97. The number of carbonyl (C=O) groups is 1. The molecule has 0 aliphatic rings. The van der Waals surface area contributed by atoms with E-state index < -0.39 is 17.4 Å². The average molecular weight is 281 g/mol. The fourth-order valence-electron chi connectivity index (χ4n) is 1.82. The molecule has 0 unspecified atom stereocenters. The highest BCUT2D eigenvalue weighted by Gasteiger charge is 2.18. The minimum atomic E-state index is -1.09. The molecule has 0 N–H and O–H groups in total. The van der Waals surface area contributed by atoms with Crippen LogP contribution in [0.25, 0.3) is 0 Å². The Labute approximate surface area is 114 Å². The van der Waals surface area contributed by atoms with Gasteiger partial charge in [-0.05, 0) is 37.6 Å². The standard InChI is InChI=1S/C15H11ClF2O/c1-8-3-4-9(2)10(5-8)15(19)11-6-13(17)14(18)7-12(11)16/h3-7H,1-2H3. The van der Waals surface area contributed by atoms with Crippen molar-refractivity contribution in [1.82, 2.24) is 0 Å². The van der Waals surface area contributed by atoms with Crippen LogP contribution in [-0.2, 0) is 0 Å². The summed E-state index contributed by atoms with van der Waals surface area (Å²) in [4.78, 5) is 12.3.